The first-order valence-electron chi connectivity index (χ1n) is 16.5. The highest BCUT2D eigenvalue weighted by Crippen LogP contribution is 2.41. The van der Waals surface area contributed by atoms with Crippen LogP contribution in [0.4, 0.5) is 0 Å². The van der Waals surface area contributed by atoms with E-state index in [1.54, 1.807) is 6.07 Å². The fourth-order valence-corrected chi connectivity index (χ4v) is 6.72. The molecule has 0 aliphatic heterocycles. The number of fused-ring (bicyclic) bond motifs is 2. The summed E-state index contributed by atoms with van der Waals surface area (Å²) in [6.45, 7) is 0. The maximum Gasteiger partial charge on any atom is 0.250 e. The lowest BCUT2D eigenvalue weighted by atomic mass is 9.82. The molecule has 0 atom stereocenters. The standard InChI is InChI=1S/C24H20N6O6.C14H18N2O2/c25-19(31)12-5-1-3-9(16(12)22(28)34)10-7-8-14(21(27)33)18(24(30)36)15(10)11-4-2-6-13(20(26)32)17(11)23(29)35;15-13(17)11-8-7-9-5-3-1-2-4-6-10(11)12(9)14(16)18/h1-8H,(H2,25,31)(H2,26,32)(H2,27,33)(H2,28,34)(H2,29,35)(H2,30,36);7-8H,1-6H2,(H2,15,17)(H2,16,18). The first-order chi connectivity index (χ1) is 25.5. The van der Waals surface area contributed by atoms with Crippen LogP contribution >= 0.6 is 0 Å². The molecule has 0 fully saturated rings. The van der Waals surface area contributed by atoms with Gasteiger partial charge in [0.05, 0.1) is 33.4 Å². The van der Waals surface area contributed by atoms with Gasteiger partial charge in [-0.2, -0.15) is 0 Å². The fourth-order valence-electron chi connectivity index (χ4n) is 6.72. The fraction of sp³-hybridized carbons (Fsp3) is 0.158. The van der Waals surface area contributed by atoms with Crippen LogP contribution in [0.1, 0.15) is 120 Å². The van der Waals surface area contributed by atoms with Gasteiger partial charge in [0.25, 0.3) is 0 Å². The average molecular weight is 735 g/mol. The molecule has 0 saturated heterocycles. The Hall–Kier alpha value is -7.36. The van der Waals surface area contributed by atoms with E-state index in [9.17, 15) is 38.4 Å². The second-order valence-electron chi connectivity index (χ2n) is 12.3. The van der Waals surface area contributed by atoms with Gasteiger partial charge in [-0.25, -0.2) is 0 Å². The second-order valence-corrected chi connectivity index (χ2v) is 12.3. The first-order valence-corrected chi connectivity index (χ1v) is 16.5. The van der Waals surface area contributed by atoms with Crippen molar-refractivity contribution >= 4 is 47.3 Å². The minimum absolute atomic E-state index is 0.00668. The monoisotopic (exact) mass is 734 g/mol. The average Bonchev–Trinajstić information content (AvgIpc) is 3.17. The quantitative estimate of drug-likeness (QED) is 0.117. The number of amides is 8. The van der Waals surface area contributed by atoms with E-state index >= 15 is 0 Å². The molecule has 16 heteroatoms. The lowest BCUT2D eigenvalue weighted by molar-refractivity contribution is 0.0966. The minimum atomic E-state index is -1.13. The number of hydrogen-bond acceptors (Lipinski definition) is 8. The van der Waals surface area contributed by atoms with Gasteiger partial charge in [-0.05, 0) is 77.8 Å². The third kappa shape index (κ3) is 7.91. The van der Waals surface area contributed by atoms with Gasteiger partial charge >= 0.3 is 0 Å². The van der Waals surface area contributed by atoms with Crippen molar-refractivity contribution in [3.05, 3.63) is 116 Å². The molecule has 2 bridgehead atoms. The minimum Gasteiger partial charge on any atom is -0.366 e. The van der Waals surface area contributed by atoms with Crippen molar-refractivity contribution in [3.63, 3.8) is 0 Å². The molecule has 4 aromatic carbocycles. The normalized spacial score (nSPS) is 12.1. The van der Waals surface area contributed by atoms with Crippen LogP contribution in [-0.2, 0) is 12.8 Å². The van der Waals surface area contributed by atoms with Crippen molar-refractivity contribution in [3.8, 4) is 22.3 Å². The number of carbonyl (C=O) groups excluding carboxylic acids is 8. The summed E-state index contributed by atoms with van der Waals surface area (Å²) in [6.07, 6.45) is 5.80. The number of nitrogens with two attached hydrogens (primary N) is 8. The van der Waals surface area contributed by atoms with Gasteiger partial charge in [0.1, 0.15) is 0 Å². The van der Waals surface area contributed by atoms with Gasteiger partial charge in [0, 0.05) is 16.7 Å². The summed E-state index contributed by atoms with van der Waals surface area (Å²) >= 11 is 0. The third-order valence-electron chi connectivity index (χ3n) is 8.96. The van der Waals surface area contributed by atoms with Crippen LogP contribution in [0.5, 0.6) is 0 Å². The van der Waals surface area contributed by atoms with Crippen molar-refractivity contribution in [2.75, 3.05) is 0 Å². The zero-order valence-corrected chi connectivity index (χ0v) is 28.9. The number of aryl methyl sites for hydroxylation is 1. The van der Waals surface area contributed by atoms with Crippen molar-refractivity contribution in [1.82, 2.24) is 0 Å². The second kappa shape index (κ2) is 16.3. The van der Waals surface area contributed by atoms with Crippen molar-refractivity contribution in [1.29, 1.82) is 0 Å². The predicted molar refractivity (Wildman–Crippen MR) is 198 cm³/mol. The lowest BCUT2D eigenvalue weighted by Gasteiger charge is -2.21. The molecule has 5 rings (SSSR count). The molecule has 0 heterocycles. The Morgan fingerprint density at radius 3 is 1.26 bits per heavy atom. The molecule has 1 aliphatic rings. The number of benzene rings is 4. The van der Waals surface area contributed by atoms with Crippen molar-refractivity contribution in [2.24, 2.45) is 45.9 Å². The summed E-state index contributed by atoms with van der Waals surface area (Å²) < 4.78 is 0. The summed E-state index contributed by atoms with van der Waals surface area (Å²) in [5.74, 6) is -7.21. The van der Waals surface area contributed by atoms with E-state index in [2.05, 4.69) is 0 Å². The maximum atomic E-state index is 12.6. The van der Waals surface area contributed by atoms with E-state index in [0.29, 0.717) is 17.5 Å². The Labute approximate surface area is 308 Å². The molecule has 278 valence electrons. The smallest absolute Gasteiger partial charge is 0.250 e. The Morgan fingerprint density at radius 2 is 0.778 bits per heavy atom. The molecule has 8 amide bonds. The largest absolute Gasteiger partial charge is 0.366 e. The van der Waals surface area contributed by atoms with Crippen LogP contribution in [0.3, 0.4) is 0 Å². The van der Waals surface area contributed by atoms with Crippen LogP contribution in [0.25, 0.3) is 22.3 Å². The zero-order chi connectivity index (χ0) is 40.0. The molecular formula is C38H38N8O8. The van der Waals surface area contributed by atoms with E-state index in [4.69, 9.17) is 45.9 Å². The molecule has 0 radical (unpaired) electrons. The van der Waals surface area contributed by atoms with E-state index < -0.39 is 52.8 Å². The number of hydrogen-bond donors (Lipinski definition) is 8. The number of rotatable bonds is 10. The van der Waals surface area contributed by atoms with Gasteiger partial charge in [0.15, 0.2) is 0 Å². The van der Waals surface area contributed by atoms with Gasteiger partial charge < -0.3 is 45.9 Å². The molecule has 54 heavy (non-hydrogen) atoms. The van der Waals surface area contributed by atoms with Gasteiger partial charge in [0.2, 0.25) is 47.3 Å². The topological polar surface area (TPSA) is 345 Å². The molecule has 16 nitrogen and oxygen atoms in total. The Kier molecular flexibility index (Phi) is 11.9. The summed E-state index contributed by atoms with van der Waals surface area (Å²) in [4.78, 5) is 96.8. The van der Waals surface area contributed by atoms with Gasteiger partial charge in [-0.1, -0.05) is 49.2 Å². The van der Waals surface area contributed by atoms with E-state index in [0.717, 1.165) is 43.2 Å². The molecule has 0 saturated carbocycles. The molecule has 1 aliphatic carbocycles. The molecular weight excluding hydrogens is 696 g/mol. The van der Waals surface area contributed by atoms with E-state index in [1.807, 2.05) is 6.07 Å². The SMILES string of the molecule is NC(=O)c1ccc2c(C(N)=O)c1CCCCCC2.NC(=O)c1cccc(-c2ccc(C(N)=O)c(C(N)=O)c2-c2cccc(C(N)=O)c2C(N)=O)c1C(N)=O. The van der Waals surface area contributed by atoms with Crippen LogP contribution in [0, 0.1) is 0 Å². The van der Waals surface area contributed by atoms with E-state index in [1.165, 1.54) is 48.5 Å². The van der Waals surface area contributed by atoms with Gasteiger partial charge in [-0.3, -0.25) is 38.4 Å². The van der Waals surface area contributed by atoms with Crippen molar-refractivity contribution in [2.45, 2.75) is 38.5 Å². The Morgan fingerprint density at radius 1 is 0.352 bits per heavy atom. The van der Waals surface area contributed by atoms with Gasteiger partial charge in [-0.15, -0.1) is 0 Å². The number of primary amides is 8. The molecule has 0 aromatic heterocycles. The Bertz CT molecular complexity index is 2280. The highest BCUT2D eigenvalue weighted by atomic mass is 16.2. The predicted octanol–water partition coefficient (Wildman–Crippen LogP) is 1.16. The highest BCUT2D eigenvalue weighted by Gasteiger charge is 2.29. The maximum absolute atomic E-state index is 12.6. The van der Waals surface area contributed by atoms with E-state index in [-0.39, 0.29) is 50.1 Å². The molecule has 4 aromatic rings. The lowest BCUT2D eigenvalue weighted by Crippen LogP contribution is -2.25. The molecule has 0 spiro atoms. The first kappa shape index (κ1) is 39.4. The van der Waals surface area contributed by atoms with Crippen molar-refractivity contribution < 1.29 is 38.4 Å². The summed E-state index contributed by atoms with van der Waals surface area (Å²) in [7, 11) is 0. The zero-order valence-electron chi connectivity index (χ0n) is 28.9. The van der Waals surface area contributed by atoms with Crippen LogP contribution < -0.4 is 45.9 Å². The third-order valence-corrected chi connectivity index (χ3v) is 8.96. The summed E-state index contributed by atoms with van der Waals surface area (Å²) in [5, 5.41) is 0. The van der Waals surface area contributed by atoms with Crippen LogP contribution in [0.15, 0.2) is 60.7 Å². The molecule has 16 N–H and O–H groups in total. The number of carbonyl (C=O) groups is 8. The highest BCUT2D eigenvalue weighted by molar-refractivity contribution is 6.19. The Balaban J connectivity index is 0.000000301. The molecule has 0 unspecified atom stereocenters. The summed E-state index contributed by atoms with van der Waals surface area (Å²) in [5.41, 5.74) is 44.3. The summed E-state index contributed by atoms with van der Waals surface area (Å²) in [6, 6.07) is 14.0. The van der Waals surface area contributed by atoms with Crippen LogP contribution in [-0.4, -0.2) is 47.3 Å². The van der Waals surface area contributed by atoms with Crippen LogP contribution in [0.2, 0.25) is 0 Å².